The molecule has 1 aromatic heterocycles. The van der Waals surface area contributed by atoms with Crippen molar-refractivity contribution in [3.05, 3.63) is 80.0 Å². The number of nitrogens with one attached hydrogen (secondary N) is 2. The van der Waals surface area contributed by atoms with E-state index >= 15 is 0 Å². The number of carbonyl (C=O) groups is 1. The van der Waals surface area contributed by atoms with Crippen LogP contribution in [0.25, 0.3) is 5.69 Å². The summed E-state index contributed by atoms with van der Waals surface area (Å²) in [5.74, 6) is -0.258. The molecular formula is C20H20N6O6. The highest BCUT2D eigenvalue weighted by molar-refractivity contribution is 6.04. The van der Waals surface area contributed by atoms with Crippen molar-refractivity contribution >= 4 is 28.8 Å². The van der Waals surface area contributed by atoms with Crippen LogP contribution in [0.1, 0.15) is 16.1 Å². The number of aryl methyl sites for hydroxylation is 1. The average Bonchev–Trinajstić information content (AvgIpc) is 3.13. The second-order valence-electron chi connectivity index (χ2n) is 6.72. The lowest BCUT2D eigenvalue weighted by Gasteiger charge is -2.10. The molecule has 1 amide bonds. The minimum atomic E-state index is -0.572. The fraction of sp³-hybridized carbons (Fsp3) is 0.200. The Labute approximate surface area is 182 Å². The van der Waals surface area contributed by atoms with Crippen molar-refractivity contribution < 1.29 is 19.4 Å². The standard InChI is InChI=1S/C20H20N6O6/c1-13-11-19(24(23-13)15-4-6-16(7-5-15)25(28)29)22-20(27)14-3-8-17(21-9-10-32-2)18(12-14)26(30)31/h3-8,11-12,21H,9-10H2,1-2H3,(H,22,27). The molecule has 1 heterocycles. The van der Waals surface area contributed by atoms with Crippen LogP contribution in [-0.4, -0.2) is 45.8 Å². The highest BCUT2D eigenvalue weighted by atomic mass is 16.6. The van der Waals surface area contributed by atoms with Crippen LogP contribution >= 0.6 is 0 Å². The molecule has 3 aromatic rings. The minimum Gasteiger partial charge on any atom is -0.383 e. The van der Waals surface area contributed by atoms with E-state index in [1.807, 2.05) is 0 Å². The molecule has 0 aliphatic rings. The zero-order valence-electron chi connectivity index (χ0n) is 17.3. The molecule has 0 atom stereocenters. The van der Waals surface area contributed by atoms with Gasteiger partial charge in [0.05, 0.1) is 27.8 Å². The number of nitro groups is 2. The molecule has 3 rings (SSSR count). The number of non-ortho nitro benzene ring substituents is 1. The molecule has 0 spiro atoms. The number of nitrogens with zero attached hydrogens (tertiary/aromatic N) is 4. The van der Waals surface area contributed by atoms with E-state index in [0.717, 1.165) is 0 Å². The Kier molecular flexibility index (Phi) is 6.75. The third-order valence-electron chi connectivity index (χ3n) is 4.46. The summed E-state index contributed by atoms with van der Waals surface area (Å²) in [6.07, 6.45) is 0. The fourth-order valence-electron chi connectivity index (χ4n) is 2.95. The van der Waals surface area contributed by atoms with Gasteiger partial charge in [-0.05, 0) is 31.2 Å². The van der Waals surface area contributed by atoms with E-state index in [-0.39, 0.29) is 22.6 Å². The van der Waals surface area contributed by atoms with E-state index in [2.05, 4.69) is 15.7 Å². The predicted octanol–water partition coefficient (Wildman–Crippen LogP) is 3.31. The Morgan fingerprint density at radius 3 is 2.44 bits per heavy atom. The van der Waals surface area contributed by atoms with Crippen LogP contribution in [0.15, 0.2) is 48.5 Å². The number of rotatable bonds is 9. The number of hydrogen-bond acceptors (Lipinski definition) is 8. The summed E-state index contributed by atoms with van der Waals surface area (Å²) in [6.45, 7) is 2.46. The van der Waals surface area contributed by atoms with Gasteiger partial charge in [0, 0.05) is 43.5 Å². The molecule has 0 bridgehead atoms. The van der Waals surface area contributed by atoms with Gasteiger partial charge in [-0.25, -0.2) is 4.68 Å². The van der Waals surface area contributed by atoms with Crippen LogP contribution in [-0.2, 0) is 4.74 Å². The SMILES string of the molecule is COCCNc1ccc(C(=O)Nc2cc(C)nn2-c2ccc([N+](=O)[O-])cc2)cc1[N+](=O)[O-]. The number of amides is 1. The normalized spacial score (nSPS) is 10.6. The molecule has 12 nitrogen and oxygen atoms in total. The van der Waals surface area contributed by atoms with E-state index in [0.29, 0.717) is 30.4 Å². The first kappa shape index (κ1) is 22.4. The maximum absolute atomic E-state index is 12.8. The van der Waals surface area contributed by atoms with Crippen molar-refractivity contribution in [1.29, 1.82) is 0 Å². The Morgan fingerprint density at radius 1 is 1.09 bits per heavy atom. The van der Waals surface area contributed by atoms with Gasteiger partial charge in [0.2, 0.25) is 0 Å². The number of carbonyl (C=O) groups excluding carboxylic acids is 1. The molecule has 0 aliphatic heterocycles. The number of hydrogen-bond donors (Lipinski definition) is 2. The molecule has 0 radical (unpaired) electrons. The Balaban J connectivity index is 1.85. The molecule has 32 heavy (non-hydrogen) atoms. The number of nitro benzene ring substituents is 2. The van der Waals surface area contributed by atoms with E-state index < -0.39 is 15.8 Å². The van der Waals surface area contributed by atoms with E-state index in [1.54, 1.807) is 13.0 Å². The zero-order valence-corrected chi connectivity index (χ0v) is 17.3. The topological polar surface area (TPSA) is 154 Å². The largest absolute Gasteiger partial charge is 0.383 e. The van der Waals surface area contributed by atoms with Crippen LogP contribution in [0.5, 0.6) is 0 Å². The van der Waals surface area contributed by atoms with Crippen molar-refractivity contribution in [3.63, 3.8) is 0 Å². The first-order valence-corrected chi connectivity index (χ1v) is 9.44. The van der Waals surface area contributed by atoms with Crippen LogP contribution in [0, 0.1) is 27.2 Å². The lowest BCUT2D eigenvalue weighted by Crippen LogP contribution is -2.16. The Morgan fingerprint density at radius 2 is 1.81 bits per heavy atom. The second-order valence-corrected chi connectivity index (χ2v) is 6.72. The van der Waals surface area contributed by atoms with Gasteiger partial charge in [0.25, 0.3) is 17.3 Å². The van der Waals surface area contributed by atoms with Gasteiger partial charge in [-0.2, -0.15) is 5.10 Å². The van der Waals surface area contributed by atoms with Crippen LogP contribution in [0.4, 0.5) is 22.9 Å². The Bertz CT molecular complexity index is 1160. The number of anilines is 2. The van der Waals surface area contributed by atoms with Crippen molar-refractivity contribution in [3.8, 4) is 5.69 Å². The van der Waals surface area contributed by atoms with Crippen LogP contribution in [0.3, 0.4) is 0 Å². The molecular weight excluding hydrogens is 420 g/mol. The van der Waals surface area contributed by atoms with E-state index in [9.17, 15) is 25.0 Å². The minimum absolute atomic E-state index is 0.0743. The number of benzene rings is 2. The van der Waals surface area contributed by atoms with Gasteiger partial charge in [-0.15, -0.1) is 0 Å². The van der Waals surface area contributed by atoms with Crippen LogP contribution in [0.2, 0.25) is 0 Å². The fourth-order valence-corrected chi connectivity index (χ4v) is 2.95. The molecule has 12 heteroatoms. The summed E-state index contributed by atoms with van der Waals surface area (Å²) in [6, 6.07) is 11.4. The lowest BCUT2D eigenvalue weighted by molar-refractivity contribution is -0.384. The number of methoxy groups -OCH3 is 1. The van der Waals surface area contributed by atoms with E-state index in [1.165, 1.54) is 54.3 Å². The van der Waals surface area contributed by atoms with Gasteiger partial charge >= 0.3 is 0 Å². The quantitative estimate of drug-likeness (QED) is 0.292. The molecule has 2 aromatic carbocycles. The molecule has 0 unspecified atom stereocenters. The van der Waals surface area contributed by atoms with Crippen LogP contribution < -0.4 is 10.6 Å². The molecule has 0 fully saturated rings. The molecule has 166 valence electrons. The smallest absolute Gasteiger partial charge is 0.293 e. The highest BCUT2D eigenvalue weighted by Crippen LogP contribution is 2.26. The first-order valence-electron chi connectivity index (χ1n) is 9.44. The van der Waals surface area contributed by atoms with E-state index in [4.69, 9.17) is 4.74 Å². The van der Waals surface area contributed by atoms with Gasteiger partial charge in [-0.3, -0.25) is 25.0 Å². The van der Waals surface area contributed by atoms with Crippen molar-refractivity contribution in [1.82, 2.24) is 9.78 Å². The maximum Gasteiger partial charge on any atom is 0.293 e. The third-order valence-corrected chi connectivity index (χ3v) is 4.46. The summed E-state index contributed by atoms with van der Waals surface area (Å²) < 4.78 is 6.34. The van der Waals surface area contributed by atoms with Gasteiger partial charge in [0.1, 0.15) is 11.5 Å². The average molecular weight is 440 g/mol. The number of ether oxygens (including phenoxy) is 1. The molecule has 0 saturated carbocycles. The summed E-state index contributed by atoms with van der Waals surface area (Å²) >= 11 is 0. The summed E-state index contributed by atoms with van der Waals surface area (Å²) in [7, 11) is 1.52. The maximum atomic E-state index is 12.8. The van der Waals surface area contributed by atoms with Crippen molar-refractivity contribution in [2.24, 2.45) is 0 Å². The third kappa shape index (κ3) is 5.05. The Hall–Kier alpha value is -4.32. The number of aromatic nitrogens is 2. The monoisotopic (exact) mass is 440 g/mol. The van der Waals surface area contributed by atoms with Crippen molar-refractivity contribution in [2.75, 3.05) is 30.9 Å². The summed E-state index contributed by atoms with van der Waals surface area (Å²) in [5.41, 5.74) is 1.15. The highest BCUT2D eigenvalue weighted by Gasteiger charge is 2.19. The zero-order chi connectivity index (χ0) is 23.3. The second kappa shape index (κ2) is 9.66. The summed E-state index contributed by atoms with van der Waals surface area (Å²) in [5, 5.41) is 32.2. The van der Waals surface area contributed by atoms with Gasteiger partial charge < -0.3 is 15.4 Å². The summed E-state index contributed by atoms with van der Waals surface area (Å²) in [4.78, 5) is 34.0. The van der Waals surface area contributed by atoms with Gasteiger partial charge in [-0.1, -0.05) is 0 Å². The van der Waals surface area contributed by atoms with Gasteiger partial charge in [0.15, 0.2) is 0 Å². The first-order chi connectivity index (χ1) is 15.3. The molecule has 0 saturated heterocycles. The lowest BCUT2D eigenvalue weighted by atomic mass is 10.1. The molecule has 2 N–H and O–H groups in total. The predicted molar refractivity (Wildman–Crippen MR) is 116 cm³/mol. The van der Waals surface area contributed by atoms with Crippen molar-refractivity contribution in [2.45, 2.75) is 6.92 Å². The molecule has 0 aliphatic carbocycles.